The predicted octanol–water partition coefficient (Wildman–Crippen LogP) is 3.84. The van der Waals surface area contributed by atoms with Crippen LogP contribution in [0.3, 0.4) is 0 Å². The number of amides is 1. The number of ether oxygens (including phenoxy) is 1. The average molecular weight is 712 g/mol. The lowest BCUT2D eigenvalue weighted by Crippen LogP contribution is -2.39. The third kappa shape index (κ3) is 7.39. The van der Waals surface area contributed by atoms with Crippen LogP contribution in [0.2, 0.25) is 0 Å². The summed E-state index contributed by atoms with van der Waals surface area (Å²) in [4.78, 5) is 26.1. The Balaban J connectivity index is 1.08. The van der Waals surface area contributed by atoms with Crippen LogP contribution in [0.25, 0.3) is 16.7 Å². The maximum Gasteiger partial charge on any atom is 0.255 e. The number of imidazole rings is 1. The monoisotopic (exact) mass is 711 g/mol. The number of anilines is 1. The van der Waals surface area contributed by atoms with Crippen LogP contribution in [0.4, 0.5) is 5.95 Å². The van der Waals surface area contributed by atoms with E-state index in [-0.39, 0.29) is 21.8 Å². The number of hydrogen-bond acceptors (Lipinski definition) is 10. The van der Waals surface area contributed by atoms with Crippen molar-refractivity contribution in [2.45, 2.75) is 43.0 Å². The third-order valence-corrected chi connectivity index (χ3v) is 11.5. The minimum absolute atomic E-state index is 0.00192. The number of rotatable bonds is 12. The molecule has 7 rings (SSSR count). The molecule has 2 fully saturated rings. The summed E-state index contributed by atoms with van der Waals surface area (Å²) < 4.78 is 35.1. The number of likely N-dealkylation sites (tertiary alicyclic amines) is 1. The van der Waals surface area contributed by atoms with E-state index in [2.05, 4.69) is 72.4 Å². The van der Waals surface area contributed by atoms with E-state index in [1.807, 2.05) is 24.0 Å². The summed E-state index contributed by atoms with van der Waals surface area (Å²) in [5, 5.41) is 11.3. The zero-order chi connectivity index (χ0) is 35.4. The highest BCUT2D eigenvalue weighted by atomic mass is 32.2. The first-order chi connectivity index (χ1) is 24.8. The van der Waals surface area contributed by atoms with Gasteiger partial charge in [-0.1, -0.05) is 42.5 Å². The second-order valence-corrected chi connectivity index (χ2v) is 15.5. The summed E-state index contributed by atoms with van der Waals surface area (Å²) in [6, 6.07) is 23.4. The largest absolute Gasteiger partial charge is 0.380 e. The smallest absolute Gasteiger partial charge is 0.255 e. The standard InChI is InChI=1S/C37H45N9O4S/c1-3-50-25-24-45-33-13-8-7-12-32(33)39-36(45)43-19-9-18-42(22-23-43)20-16-37(29-10-5-4-6-11-29)17-21-44(27-37)35(47)31-26-30(46-28-38-40-41-46)14-15-34(31)51(2,48)49/h4-8,10-15,26,28H,3,9,16-25,27H2,1-2H3. The Kier molecular flexibility index (Phi) is 10.2. The van der Waals surface area contributed by atoms with Crippen LogP contribution in [-0.2, 0) is 26.5 Å². The molecule has 51 heavy (non-hydrogen) atoms. The van der Waals surface area contributed by atoms with Gasteiger partial charge in [0, 0.05) is 57.5 Å². The van der Waals surface area contributed by atoms with Gasteiger partial charge in [0.15, 0.2) is 9.84 Å². The molecule has 14 heteroatoms. The van der Waals surface area contributed by atoms with Gasteiger partial charge in [0.2, 0.25) is 5.95 Å². The molecule has 1 unspecified atom stereocenters. The number of carbonyl (C=O) groups excluding carboxylic acids is 1. The van der Waals surface area contributed by atoms with Crippen molar-refractivity contribution >= 4 is 32.7 Å². The SMILES string of the molecule is CCOCCn1c(N2CCCN(CCC3(c4ccccc4)CCN(C(=O)c4cc(-n5cnnn5)ccc4S(C)(=O)=O)C3)CC2)nc2ccccc21. The van der Waals surface area contributed by atoms with Gasteiger partial charge in [-0.15, -0.1) is 5.10 Å². The lowest BCUT2D eigenvalue weighted by atomic mass is 9.76. The van der Waals surface area contributed by atoms with Crippen molar-refractivity contribution < 1.29 is 17.9 Å². The molecule has 13 nitrogen and oxygen atoms in total. The number of para-hydroxylation sites is 2. The summed E-state index contributed by atoms with van der Waals surface area (Å²) in [5.74, 6) is 0.696. The second kappa shape index (κ2) is 14.9. The second-order valence-electron chi connectivity index (χ2n) is 13.5. The summed E-state index contributed by atoms with van der Waals surface area (Å²) in [7, 11) is -3.68. The van der Waals surface area contributed by atoms with Gasteiger partial charge in [-0.05, 0) is 85.6 Å². The molecule has 0 spiro atoms. The van der Waals surface area contributed by atoms with E-state index in [4.69, 9.17) is 9.72 Å². The summed E-state index contributed by atoms with van der Waals surface area (Å²) >= 11 is 0. The Labute approximate surface area is 298 Å². The maximum atomic E-state index is 14.2. The topological polar surface area (TPSA) is 132 Å². The Morgan fingerprint density at radius 1 is 0.941 bits per heavy atom. The van der Waals surface area contributed by atoms with Gasteiger partial charge in [-0.25, -0.2) is 18.1 Å². The molecule has 0 saturated carbocycles. The third-order valence-electron chi connectivity index (χ3n) is 10.3. The minimum atomic E-state index is -3.68. The van der Waals surface area contributed by atoms with Gasteiger partial charge >= 0.3 is 0 Å². The lowest BCUT2D eigenvalue weighted by molar-refractivity contribution is 0.0777. The van der Waals surface area contributed by atoms with Gasteiger partial charge < -0.3 is 24.0 Å². The molecular formula is C37H45N9O4S. The molecule has 2 aliphatic rings. The summed E-state index contributed by atoms with van der Waals surface area (Å²) in [6.45, 7) is 9.69. The van der Waals surface area contributed by atoms with Crippen molar-refractivity contribution in [3.8, 4) is 5.69 Å². The molecular weight excluding hydrogens is 667 g/mol. The van der Waals surface area contributed by atoms with Crippen molar-refractivity contribution in [2.75, 3.05) is 70.2 Å². The van der Waals surface area contributed by atoms with E-state index in [1.165, 1.54) is 22.6 Å². The molecule has 0 bridgehead atoms. The van der Waals surface area contributed by atoms with E-state index < -0.39 is 9.84 Å². The predicted molar refractivity (Wildman–Crippen MR) is 195 cm³/mol. The van der Waals surface area contributed by atoms with Gasteiger partial charge in [0.05, 0.1) is 33.8 Å². The number of fused-ring (bicyclic) bond motifs is 1. The van der Waals surface area contributed by atoms with E-state index in [0.717, 1.165) is 81.8 Å². The lowest BCUT2D eigenvalue weighted by Gasteiger charge is -2.33. The van der Waals surface area contributed by atoms with Gasteiger partial charge in [0.25, 0.3) is 5.91 Å². The molecule has 0 radical (unpaired) electrons. The van der Waals surface area contributed by atoms with Crippen molar-refractivity contribution in [2.24, 2.45) is 0 Å². The molecule has 268 valence electrons. The Morgan fingerprint density at radius 2 is 1.76 bits per heavy atom. The molecule has 3 aromatic carbocycles. The van der Waals surface area contributed by atoms with E-state index in [1.54, 1.807) is 12.1 Å². The molecule has 4 heterocycles. The maximum absolute atomic E-state index is 14.2. The molecule has 0 N–H and O–H groups in total. The van der Waals surface area contributed by atoms with Crippen molar-refractivity contribution in [3.63, 3.8) is 0 Å². The number of hydrogen-bond donors (Lipinski definition) is 0. The number of benzene rings is 3. The molecule has 1 atom stereocenters. The highest BCUT2D eigenvalue weighted by Crippen LogP contribution is 2.39. The van der Waals surface area contributed by atoms with Crippen molar-refractivity contribution in [3.05, 3.63) is 90.3 Å². The molecule has 1 amide bonds. The summed E-state index contributed by atoms with van der Waals surface area (Å²) in [5.41, 5.74) is 3.71. The van der Waals surface area contributed by atoms with Crippen LogP contribution in [0.5, 0.6) is 0 Å². The Bertz CT molecular complexity index is 2070. The fourth-order valence-corrected chi connectivity index (χ4v) is 8.47. The first kappa shape index (κ1) is 34.8. The zero-order valence-corrected chi connectivity index (χ0v) is 30.1. The van der Waals surface area contributed by atoms with Crippen LogP contribution in [-0.4, -0.2) is 119 Å². The van der Waals surface area contributed by atoms with Crippen LogP contribution < -0.4 is 4.90 Å². The molecule has 2 saturated heterocycles. The minimum Gasteiger partial charge on any atom is -0.380 e. The van der Waals surface area contributed by atoms with E-state index >= 15 is 0 Å². The first-order valence-corrected chi connectivity index (χ1v) is 19.6. The number of sulfone groups is 1. The van der Waals surface area contributed by atoms with Crippen molar-refractivity contribution in [1.82, 2.24) is 39.6 Å². The Morgan fingerprint density at radius 3 is 2.55 bits per heavy atom. The normalized spacial score (nSPS) is 18.8. The number of carbonyl (C=O) groups is 1. The van der Waals surface area contributed by atoms with E-state index in [0.29, 0.717) is 32.0 Å². The number of tetrazole rings is 1. The highest BCUT2D eigenvalue weighted by molar-refractivity contribution is 7.90. The van der Waals surface area contributed by atoms with Crippen LogP contribution in [0.15, 0.2) is 84.0 Å². The average Bonchev–Trinajstić information content (AvgIpc) is 3.88. The fraction of sp³-hybridized carbons (Fsp3) is 0.432. The fourth-order valence-electron chi connectivity index (χ4n) is 7.61. The molecule has 2 aliphatic heterocycles. The molecule has 2 aromatic heterocycles. The van der Waals surface area contributed by atoms with Gasteiger partial charge in [-0.3, -0.25) is 4.79 Å². The quantitative estimate of drug-likeness (QED) is 0.176. The highest BCUT2D eigenvalue weighted by Gasteiger charge is 2.42. The van der Waals surface area contributed by atoms with E-state index in [9.17, 15) is 13.2 Å². The summed E-state index contributed by atoms with van der Waals surface area (Å²) in [6.07, 6.45) is 5.22. The van der Waals surface area contributed by atoms with Crippen LogP contribution in [0, 0.1) is 0 Å². The van der Waals surface area contributed by atoms with Crippen LogP contribution >= 0.6 is 0 Å². The Hall–Kier alpha value is -4.66. The van der Waals surface area contributed by atoms with Crippen LogP contribution in [0.1, 0.15) is 42.1 Å². The molecule has 0 aliphatic carbocycles. The number of aromatic nitrogens is 6. The first-order valence-electron chi connectivity index (χ1n) is 17.7. The van der Waals surface area contributed by atoms with Crippen molar-refractivity contribution in [1.29, 1.82) is 0 Å². The van der Waals surface area contributed by atoms with Gasteiger partial charge in [0.1, 0.15) is 6.33 Å². The molecule has 5 aromatic rings. The number of nitrogens with zero attached hydrogens (tertiary/aromatic N) is 9. The van der Waals surface area contributed by atoms with Gasteiger partial charge in [-0.2, -0.15) is 0 Å². The zero-order valence-electron chi connectivity index (χ0n) is 29.3.